The molecule has 0 bridgehead atoms. The summed E-state index contributed by atoms with van der Waals surface area (Å²) in [6.45, 7) is 9.94. The Kier molecular flexibility index (Phi) is 7.18. The number of rotatable bonds is 4. The Morgan fingerprint density at radius 2 is 1.17 bits per heavy atom. The second kappa shape index (κ2) is 9.35. The molecule has 1 unspecified atom stereocenters. The Morgan fingerprint density at radius 1 is 0.708 bits per heavy atom. The van der Waals surface area contributed by atoms with Crippen molar-refractivity contribution in [1.29, 1.82) is 0 Å². The van der Waals surface area contributed by atoms with Crippen LogP contribution in [0.25, 0.3) is 0 Å². The van der Waals surface area contributed by atoms with Crippen LogP contribution < -0.4 is 0 Å². The maximum atomic E-state index is 5.88. The van der Waals surface area contributed by atoms with E-state index in [2.05, 4.69) is 14.7 Å². The smallest absolute Gasteiger partial charge is 0.0959 e. The first-order valence-electron chi connectivity index (χ1n) is 8.79. The van der Waals surface area contributed by atoms with Crippen LogP contribution in [0.15, 0.2) is 0 Å². The number of nitrogens with zero attached hydrogens (tertiary/aromatic N) is 3. The van der Waals surface area contributed by atoms with Gasteiger partial charge in [0.15, 0.2) is 0 Å². The molecule has 6 nitrogen and oxygen atoms in total. The number of hydrogen-bond donors (Lipinski definition) is 0. The molecule has 1 atom stereocenters. The second-order valence-electron chi connectivity index (χ2n) is 6.30. The van der Waals surface area contributed by atoms with Crippen molar-refractivity contribution in [3.8, 4) is 0 Å². The Morgan fingerprint density at radius 3 is 1.71 bits per heavy atom. The minimum atomic E-state index is 0.178. The van der Waals surface area contributed by atoms with Gasteiger partial charge in [-0.15, -0.1) is 0 Å². The van der Waals surface area contributed by atoms with E-state index in [4.69, 9.17) is 38.6 Å². The number of ether oxygens (including phenoxy) is 3. The fourth-order valence-electron chi connectivity index (χ4n) is 3.36. The first-order valence-corrected chi connectivity index (χ1v) is 9.61. The van der Waals surface area contributed by atoms with Gasteiger partial charge in [-0.1, -0.05) is 24.4 Å². The molecule has 0 aromatic carbocycles. The van der Waals surface area contributed by atoms with Crippen molar-refractivity contribution in [1.82, 2.24) is 14.7 Å². The monoisotopic (exact) mass is 373 g/mol. The number of thiocarbonyl (C=S) groups is 2. The van der Waals surface area contributed by atoms with Crippen LogP contribution in [0.2, 0.25) is 0 Å². The highest BCUT2D eigenvalue weighted by Crippen LogP contribution is 2.17. The van der Waals surface area contributed by atoms with E-state index < -0.39 is 0 Å². The zero-order chi connectivity index (χ0) is 16.8. The third-order valence-electron chi connectivity index (χ3n) is 4.83. The molecular weight excluding hydrogens is 346 g/mol. The van der Waals surface area contributed by atoms with Crippen LogP contribution in [0.5, 0.6) is 0 Å². The topological polar surface area (TPSA) is 37.4 Å². The van der Waals surface area contributed by atoms with Gasteiger partial charge in [0.25, 0.3) is 0 Å². The largest absolute Gasteiger partial charge is 0.379 e. The van der Waals surface area contributed by atoms with E-state index >= 15 is 0 Å². The molecule has 0 saturated carbocycles. The third kappa shape index (κ3) is 4.83. The summed E-state index contributed by atoms with van der Waals surface area (Å²) < 4.78 is 16.4. The van der Waals surface area contributed by atoms with Crippen LogP contribution in [0.1, 0.15) is 6.42 Å². The van der Waals surface area contributed by atoms with Crippen LogP contribution in [0.3, 0.4) is 0 Å². The van der Waals surface area contributed by atoms with Gasteiger partial charge >= 0.3 is 0 Å². The van der Waals surface area contributed by atoms with Crippen LogP contribution >= 0.6 is 24.4 Å². The predicted molar refractivity (Wildman–Crippen MR) is 101 cm³/mol. The predicted octanol–water partition coefficient (Wildman–Crippen LogP) is 0.397. The summed E-state index contributed by atoms with van der Waals surface area (Å²) in [4.78, 5) is 9.02. The van der Waals surface area contributed by atoms with Gasteiger partial charge in [0.2, 0.25) is 0 Å². The summed E-state index contributed by atoms with van der Waals surface area (Å²) >= 11 is 11.6. The van der Waals surface area contributed by atoms with Crippen molar-refractivity contribution in [3.05, 3.63) is 0 Å². The molecule has 0 N–H and O–H groups in total. The summed E-state index contributed by atoms with van der Waals surface area (Å²) in [5.41, 5.74) is 0. The average molecular weight is 374 g/mol. The molecule has 3 heterocycles. The lowest BCUT2D eigenvalue weighted by molar-refractivity contribution is 0.0242. The molecule has 3 rings (SSSR count). The van der Waals surface area contributed by atoms with Crippen molar-refractivity contribution in [3.63, 3.8) is 0 Å². The molecule has 3 saturated heterocycles. The van der Waals surface area contributed by atoms with Crippen LogP contribution in [0.4, 0.5) is 0 Å². The molecule has 24 heavy (non-hydrogen) atoms. The van der Waals surface area contributed by atoms with E-state index in [9.17, 15) is 0 Å². The van der Waals surface area contributed by atoms with Gasteiger partial charge in [-0.25, -0.2) is 0 Å². The first-order chi connectivity index (χ1) is 11.8. The molecule has 8 heteroatoms. The van der Waals surface area contributed by atoms with E-state index in [0.29, 0.717) is 0 Å². The van der Waals surface area contributed by atoms with E-state index in [1.165, 1.54) is 0 Å². The lowest BCUT2D eigenvalue weighted by Gasteiger charge is -2.41. The van der Waals surface area contributed by atoms with Crippen LogP contribution in [0, 0.1) is 0 Å². The molecular formula is C16H27N3O3S2. The van der Waals surface area contributed by atoms with Crippen molar-refractivity contribution >= 4 is 34.4 Å². The standard InChI is InChI=1S/C16H27N3O3S2/c23-15(18-3-9-21-10-4-18)13-14(17-1-7-20-8-2-17)16(24)19-5-11-22-12-6-19/h14H,1-13H2. The molecule has 3 fully saturated rings. The Balaban J connectivity index is 1.66. The number of hydrogen-bond acceptors (Lipinski definition) is 6. The normalized spacial score (nSPS) is 24.7. The van der Waals surface area contributed by atoms with Gasteiger partial charge in [-0.05, 0) is 0 Å². The molecule has 3 aliphatic heterocycles. The SMILES string of the molecule is S=C(CC(C(=S)N1CCOCC1)N1CCOCC1)N1CCOCC1. The molecule has 0 spiro atoms. The van der Waals surface area contributed by atoms with Crippen LogP contribution in [-0.4, -0.2) is 110 Å². The summed E-state index contributed by atoms with van der Waals surface area (Å²) in [6, 6.07) is 0.178. The maximum Gasteiger partial charge on any atom is 0.0959 e. The summed E-state index contributed by atoms with van der Waals surface area (Å²) in [5, 5.41) is 0. The molecule has 3 aliphatic rings. The number of morpholine rings is 3. The highest BCUT2D eigenvalue weighted by atomic mass is 32.1. The molecule has 0 aromatic rings. The minimum Gasteiger partial charge on any atom is -0.379 e. The highest BCUT2D eigenvalue weighted by Gasteiger charge is 2.31. The van der Waals surface area contributed by atoms with E-state index in [-0.39, 0.29) is 6.04 Å². The lowest BCUT2D eigenvalue weighted by atomic mass is 10.1. The molecule has 136 valence electrons. The average Bonchev–Trinajstić information content (AvgIpc) is 2.67. The summed E-state index contributed by atoms with van der Waals surface area (Å²) in [7, 11) is 0. The zero-order valence-electron chi connectivity index (χ0n) is 14.2. The highest BCUT2D eigenvalue weighted by molar-refractivity contribution is 7.80. The Labute approximate surface area is 155 Å². The molecule has 0 radical (unpaired) electrons. The summed E-state index contributed by atoms with van der Waals surface area (Å²) in [6.07, 6.45) is 0.811. The van der Waals surface area contributed by atoms with E-state index in [1.807, 2.05) is 0 Å². The molecule has 0 amide bonds. The van der Waals surface area contributed by atoms with Gasteiger partial charge in [0.1, 0.15) is 0 Å². The summed E-state index contributed by atoms with van der Waals surface area (Å²) in [5.74, 6) is 0. The maximum absolute atomic E-state index is 5.88. The second-order valence-corrected chi connectivity index (χ2v) is 7.19. The van der Waals surface area contributed by atoms with Crippen LogP contribution in [-0.2, 0) is 14.2 Å². The minimum absolute atomic E-state index is 0.178. The van der Waals surface area contributed by atoms with Gasteiger partial charge in [0, 0.05) is 45.7 Å². The van der Waals surface area contributed by atoms with E-state index in [0.717, 1.165) is 95.3 Å². The zero-order valence-corrected chi connectivity index (χ0v) is 15.8. The fourth-order valence-corrected chi connectivity index (χ4v) is 4.12. The Hall–Kier alpha value is -0.380. The Bertz CT molecular complexity index is 434. The molecule has 0 aromatic heterocycles. The third-order valence-corrected chi connectivity index (χ3v) is 5.78. The van der Waals surface area contributed by atoms with Gasteiger partial charge in [-0.2, -0.15) is 0 Å². The first kappa shape index (κ1) is 18.4. The van der Waals surface area contributed by atoms with Gasteiger partial charge in [-0.3, -0.25) is 4.90 Å². The van der Waals surface area contributed by atoms with Crippen molar-refractivity contribution in [2.45, 2.75) is 12.5 Å². The van der Waals surface area contributed by atoms with Crippen molar-refractivity contribution in [2.24, 2.45) is 0 Å². The fraction of sp³-hybridized carbons (Fsp3) is 0.875. The quantitative estimate of drug-likeness (QED) is 0.656. The molecule has 0 aliphatic carbocycles. The van der Waals surface area contributed by atoms with Gasteiger partial charge in [0.05, 0.1) is 55.7 Å². The van der Waals surface area contributed by atoms with Crippen molar-refractivity contribution in [2.75, 3.05) is 78.9 Å². The lowest BCUT2D eigenvalue weighted by Crippen LogP contribution is -2.55. The van der Waals surface area contributed by atoms with Crippen molar-refractivity contribution < 1.29 is 14.2 Å². The van der Waals surface area contributed by atoms with E-state index in [1.54, 1.807) is 0 Å². The van der Waals surface area contributed by atoms with Gasteiger partial charge < -0.3 is 24.0 Å².